The number of nitrogens with one attached hydrogen (secondary N) is 1. The van der Waals surface area contributed by atoms with Crippen molar-refractivity contribution in [2.24, 2.45) is 5.92 Å². The van der Waals surface area contributed by atoms with Crippen LogP contribution in [0.2, 0.25) is 0 Å². The summed E-state index contributed by atoms with van der Waals surface area (Å²) in [6.07, 6.45) is 0.767. The maximum Gasteiger partial charge on any atom is 0.255 e. The van der Waals surface area contributed by atoms with Crippen LogP contribution < -0.4 is 20.3 Å². The van der Waals surface area contributed by atoms with Gasteiger partial charge in [0.15, 0.2) is 11.5 Å². The number of rotatable bonds is 5. The first-order valence-corrected chi connectivity index (χ1v) is 8.14. The molecule has 0 spiro atoms. The fourth-order valence-electron chi connectivity index (χ4n) is 2.90. The smallest absolute Gasteiger partial charge is 0.255 e. The van der Waals surface area contributed by atoms with Gasteiger partial charge in [-0.25, -0.2) is 4.98 Å². The van der Waals surface area contributed by atoms with Gasteiger partial charge in [0.25, 0.3) is 5.56 Å². The predicted octanol–water partition coefficient (Wildman–Crippen LogP) is 2.55. The van der Waals surface area contributed by atoms with Crippen LogP contribution in [0, 0.1) is 5.92 Å². The zero-order valence-corrected chi connectivity index (χ0v) is 14.5. The van der Waals surface area contributed by atoms with E-state index in [-0.39, 0.29) is 5.56 Å². The molecular formula is C18H23N3O3. The van der Waals surface area contributed by atoms with Gasteiger partial charge in [-0.2, -0.15) is 0 Å². The highest BCUT2D eigenvalue weighted by atomic mass is 16.5. The van der Waals surface area contributed by atoms with Gasteiger partial charge in [-0.1, -0.05) is 13.8 Å². The lowest BCUT2D eigenvalue weighted by Crippen LogP contribution is -2.28. The third kappa shape index (κ3) is 2.96. The number of benzene rings is 1. The fourth-order valence-corrected chi connectivity index (χ4v) is 2.90. The Bertz CT molecular complexity index is 812. The van der Waals surface area contributed by atoms with E-state index in [1.165, 1.54) is 0 Å². The second-order valence-corrected chi connectivity index (χ2v) is 6.34. The number of ether oxygens (including phenoxy) is 2. The standard InChI is InChI=1S/C18H23N3O3/c1-11(2)10-19-16-9-17(22)21-6-5-12-7-14(23-3)15(24-4)8-13(12)18(21)20-16/h7-9,11,19H,5-6,10H2,1-4H3. The lowest BCUT2D eigenvalue weighted by atomic mass is 9.99. The summed E-state index contributed by atoms with van der Waals surface area (Å²) in [5, 5.41) is 3.24. The Labute approximate surface area is 141 Å². The van der Waals surface area contributed by atoms with Gasteiger partial charge < -0.3 is 14.8 Å². The fraction of sp³-hybridized carbons (Fsp3) is 0.444. The van der Waals surface area contributed by atoms with Crippen LogP contribution in [0.4, 0.5) is 5.82 Å². The predicted molar refractivity (Wildman–Crippen MR) is 94.1 cm³/mol. The first-order valence-electron chi connectivity index (χ1n) is 8.14. The minimum absolute atomic E-state index is 0.0355. The van der Waals surface area contributed by atoms with Crippen molar-refractivity contribution in [3.8, 4) is 22.9 Å². The molecule has 6 heteroatoms. The summed E-state index contributed by atoms with van der Waals surface area (Å²) < 4.78 is 12.5. The molecule has 0 aliphatic carbocycles. The first kappa shape index (κ1) is 16.4. The Kier molecular flexibility index (Phi) is 4.46. The average Bonchev–Trinajstić information content (AvgIpc) is 2.58. The van der Waals surface area contributed by atoms with E-state index >= 15 is 0 Å². The van der Waals surface area contributed by atoms with Gasteiger partial charge in [-0.3, -0.25) is 9.36 Å². The van der Waals surface area contributed by atoms with Crippen LogP contribution in [0.15, 0.2) is 23.0 Å². The molecule has 2 heterocycles. The molecule has 128 valence electrons. The van der Waals surface area contributed by atoms with Crippen molar-refractivity contribution in [3.63, 3.8) is 0 Å². The van der Waals surface area contributed by atoms with Crippen molar-refractivity contribution in [3.05, 3.63) is 34.1 Å². The Morgan fingerprint density at radius 1 is 1.21 bits per heavy atom. The molecule has 0 bridgehead atoms. The average molecular weight is 329 g/mol. The molecule has 0 saturated heterocycles. The quantitative estimate of drug-likeness (QED) is 0.913. The molecule has 6 nitrogen and oxygen atoms in total. The van der Waals surface area contributed by atoms with Gasteiger partial charge in [0, 0.05) is 24.7 Å². The van der Waals surface area contributed by atoms with Crippen LogP contribution in [0.5, 0.6) is 11.5 Å². The summed E-state index contributed by atoms with van der Waals surface area (Å²) in [6.45, 7) is 5.62. The highest BCUT2D eigenvalue weighted by Crippen LogP contribution is 2.37. The van der Waals surface area contributed by atoms with E-state index in [0.717, 1.165) is 24.1 Å². The summed E-state index contributed by atoms with van der Waals surface area (Å²) >= 11 is 0. The lowest BCUT2D eigenvalue weighted by molar-refractivity contribution is 0.354. The van der Waals surface area contributed by atoms with E-state index in [0.29, 0.717) is 35.6 Å². The Balaban J connectivity index is 2.10. The minimum atomic E-state index is -0.0355. The highest BCUT2D eigenvalue weighted by Gasteiger charge is 2.22. The number of methoxy groups -OCH3 is 2. The van der Waals surface area contributed by atoms with Gasteiger partial charge in [0.2, 0.25) is 0 Å². The molecule has 3 rings (SSSR count). The first-order chi connectivity index (χ1) is 11.5. The van der Waals surface area contributed by atoms with Crippen LogP contribution in [0.25, 0.3) is 11.4 Å². The molecule has 0 unspecified atom stereocenters. The zero-order valence-electron chi connectivity index (χ0n) is 14.5. The SMILES string of the molecule is COc1cc2c(cc1OC)-c1nc(NCC(C)C)cc(=O)n1CC2. The summed E-state index contributed by atoms with van der Waals surface area (Å²) in [5.74, 6) is 3.10. The molecule has 0 radical (unpaired) electrons. The largest absolute Gasteiger partial charge is 0.493 e. The zero-order chi connectivity index (χ0) is 17.3. The van der Waals surface area contributed by atoms with Gasteiger partial charge in [-0.05, 0) is 30.0 Å². The summed E-state index contributed by atoms with van der Waals surface area (Å²) in [6, 6.07) is 5.44. The molecule has 24 heavy (non-hydrogen) atoms. The van der Waals surface area contributed by atoms with Crippen molar-refractivity contribution in [1.29, 1.82) is 0 Å². The van der Waals surface area contributed by atoms with Crippen LogP contribution in [-0.2, 0) is 13.0 Å². The van der Waals surface area contributed by atoms with E-state index in [1.54, 1.807) is 24.9 Å². The maximum absolute atomic E-state index is 12.4. The number of hydrogen-bond acceptors (Lipinski definition) is 5. The normalized spacial score (nSPS) is 12.5. The summed E-state index contributed by atoms with van der Waals surface area (Å²) in [7, 11) is 3.23. The van der Waals surface area contributed by atoms with E-state index in [2.05, 4.69) is 24.1 Å². The van der Waals surface area contributed by atoms with Gasteiger partial charge in [0.05, 0.1) is 14.2 Å². The van der Waals surface area contributed by atoms with Crippen molar-refractivity contribution in [2.75, 3.05) is 26.1 Å². The van der Waals surface area contributed by atoms with E-state index in [1.807, 2.05) is 12.1 Å². The summed E-state index contributed by atoms with van der Waals surface area (Å²) in [4.78, 5) is 17.1. The number of aryl methyl sites for hydroxylation is 1. The molecule has 0 amide bonds. The van der Waals surface area contributed by atoms with E-state index in [9.17, 15) is 4.79 Å². The Hall–Kier alpha value is -2.50. The number of aromatic nitrogens is 2. The molecule has 1 aliphatic rings. The van der Waals surface area contributed by atoms with Gasteiger partial charge in [-0.15, -0.1) is 0 Å². The maximum atomic E-state index is 12.4. The highest BCUT2D eigenvalue weighted by molar-refractivity contribution is 5.68. The summed E-state index contributed by atoms with van der Waals surface area (Å²) in [5.41, 5.74) is 2.00. The monoisotopic (exact) mass is 329 g/mol. The molecular weight excluding hydrogens is 306 g/mol. The third-order valence-corrected chi connectivity index (χ3v) is 4.15. The van der Waals surface area contributed by atoms with Crippen LogP contribution in [0.1, 0.15) is 19.4 Å². The molecule has 0 saturated carbocycles. The third-order valence-electron chi connectivity index (χ3n) is 4.15. The van der Waals surface area contributed by atoms with Crippen LogP contribution in [-0.4, -0.2) is 30.3 Å². The molecule has 2 aromatic rings. The van der Waals surface area contributed by atoms with E-state index in [4.69, 9.17) is 9.47 Å². The second-order valence-electron chi connectivity index (χ2n) is 6.34. The van der Waals surface area contributed by atoms with Crippen molar-refractivity contribution >= 4 is 5.82 Å². The van der Waals surface area contributed by atoms with E-state index < -0.39 is 0 Å². The Morgan fingerprint density at radius 2 is 1.92 bits per heavy atom. The van der Waals surface area contributed by atoms with Crippen LogP contribution >= 0.6 is 0 Å². The molecule has 1 aromatic heterocycles. The topological polar surface area (TPSA) is 65.4 Å². The van der Waals surface area contributed by atoms with Crippen molar-refractivity contribution < 1.29 is 9.47 Å². The molecule has 0 fully saturated rings. The number of hydrogen-bond donors (Lipinski definition) is 1. The van der Waals surface area contributed by atoms with Crippen molar-refractivity contribution in [2.45, 2.75) is 26.8 Å². The van der Waals surface area contributed by atoms with Gasteiger partial charge in [0.1, 0.15) is 11.6 Å². The number of anilines is 1. The number of nitrogens with zero attached hydrogens (tertiary/aromatic N) is 2. The molecule has 1 aromatic carbocycles. The molecule has 0 atom stereocenters. The van der Waals surface area contributed by atoms with Gasteiger partial charge >= 0.3 is 0 Å². The molecule has 1 N–H and O–H groups in total. The van der Waals surface area contributed by atoms with Crippen molar-refractivity contribution in [1.82, 2.24) is 9.55 Å². The molecule has 1 aliphatic heterocycles. The second kappa shape index (κ2) is 6.55. The minimum Gasteiger partial charge on any atom is -0.493 e. The Morgan fingerprint density at radius 3 is 2.58 bits per heavy atom. The number of fused-ring (bicyclic) bond motifs is 3. The van der Waals surface area contributed by atoms with Crippen LogP contribution in [0.3, 0.4) is 0 Å². The lowest BCUT2D eigenvalue weighted by Gasteiger charge is -2.23.